The summed E-state index contributed by atoms with van der Waals surface area (Å²) in [7, 11) is 1.50. The number of carbonyl (C=O) groups is 6. The van der Waals surface area contributed by atoms with E-state index >= 15 is 0 Å². The Hall–Kier alpha value is -7.05. The molecule has 17 nitrogen and oxygen atoms in total. The first-order valence-electron chi connectivity index (χ1n) is 22.9. The molecule has 0 aliphatic carbocycles. The number of aliphatic hydroxyl groups excluding tert-OH is 1. The number of ether oxygens (including phenoxy) is 4. The molecule has 1 saturated heterocycles. The van der Waals surface area contributed by atoms with Gasteiger partial charge in [0.05, 0.1) is 17.7 Å². The van der Waals surface area contributed by atoms with Crippen LogP contribution >= 0.6 is 11.8 Å². The number of thioether (sulfide) groups is 1. The van der Waals surface area contributed by atoms with Crippen molar-refractivity contribution in [1.82, 2.24) is 20.4 Å². The lowest BCUT2D eigenvalue weighted by Gasteiger charge is -2.34. The molecule has 1 unspecified atom stereocenters. The van der Waals surface area contributed by atoms with Gasteiger partial charge < -0.3 is 34.3 Å². The van der Waals surface area contributed by atoms with Crippen molar-refractivity contribution in [2.45, 2.75) is 95.5 Å². The number of nitrogens with one attached hydrogen (secondary N) is 2. The summed E-state index contributed by atoms with van der Waals surface area (Å²) in [6, 6.07) is 32.5. The molecule has 0 saturated carbocycles. The van der Waals surface area contributed by atoms with E-state index in [1.54, 1.807) is 55.5 Å². The Balaban J connectivity index is 1.19. The van der Waals surface area contributed by atoms with Crippen LogP contribution in [0.3, 0.4) is 0 Å². The minimum Gasteiger partial charge on any atom is -0.464 e. The Morgan fingerprint density at radius 2 is 1.36 bits per heavy atom. The Morgan fingerprint density at radius 3 is 1.96 bits per heavy atom. The van der Waals surface area contributed by atoms with Gasteiger partial charge in [-0.25, -0.2) is 19.2 Å². The highest BCUT2D eigenvalue weighted by Crippen LogP contribution is 2.26. The number of carbonyl (C=O) groups excluding carboxylic acids is 6. The van der Waals surface area contributed by atoms with Gasteiger partial charge in [0.15, 0.2) is 6.04 Å². The van der Waals surface area contributed by atoms with E-state index in [0.717, 1.165) is 34.0 Å². The zero-order valence-electron chi connectivity index (χ0n) is 38.6. The SMILES string of the molecule is CCOC(=O)[C@@H]1CSC(C(O)[C@H](CCC/C(=N/C(=O)OCc2ccccc2)NC(=O)OCc2ccccc2)NC(=O)[C@@H]2CCCN2C(=O)[C@@H](Cc2ccccc2)N(C)C(=O)OCc2ccccc2)=N1. The number of esters is 1. The quantitative estimate of drug-likeness (QED) is 0.0369. The van der Waals surface area contributed by atoms with Crippen molar-refractivity contribution in [3.8, 4) is 0 Å². The Kier molecular flexibility index (Phi) is 19.7. The molecule has 2 heterocycles. The normalized spacial score (nSPS) is 16.8. The predicted molar refractivity (Wildman–Crippen MR) is 259 cm³/mol. The minimum atomic E-state index is -1.40. The number of hydrogen-bond acceptors (Lipinski definition) is 13. The van der Waals surface area contributed by atoms with Crippen molar-refractivity contribution in [1.29, 1.82) is 0 Å². The summed E-state index contributed by atoms with van der Waals surface area (Å²) in [5, 5.41) is 17.6. The van der Waals surface area contributed by atoms with Gasteiger partial charge in [0, 0.05) is 32.2 Å². The number of benzene rings is 4. The van der Waals surface area contributed by atoms with Crippen LogP contribution in [0.4, 0.5) is 14.4 Å². The second-order valence-electron chi connectivity index (χ2n) is 16.3. The van der Waals surface area contributed by atoms with Crippen LogP contribution in [-0.4, -0.2) is 118 Å². The van der Waals surface area contributed by atoms with Crippen LogP contribution in [0.2, 0.25) is 0 Å². The number of hydrogen-bond donors (Lipinski definition) is 3. The summed E-state index contributed by atoms with van der Waals surface area (Å²) in [5.74, 6) is -1.41. The van der Waals surface area contributed by atoms with Gasteiger partial charge >= 0.3 is 24.2 Å². The Bertz CT molecular complexity index is 2390. The molecule has 5 atom stereocenters. The van der Waals surface area contributed by atoms with Crippen molar-refractivity contribution in [3.63, 3.8) is 0 Å². The van der Waals surface area contributed by atoms with Crippen molar-refractivity contribution < 1.29 is 52.8 Å². The lowest BCUT2D eigenvalue weighted by atomic mass is 10.0. The largest absolute Gasteiger partial charge is 0.464 e. The van der Waals surface area contributed by atoms with Gasteiger partial charge in [-0.2, -0.15) is 4.99 Å². The van der Waals surface area contributed by atoms with Gasteiger partial charge in [0.25, 0.3) is 0 Å². The van der Waals surface area contributed by atoms with Crippen LogP contribution in [0.25, 0.3) is 0 Å². The number of amides is 5. The van der Waals surface area contributed by atoms with E-state index in [-0.39, 0.29) is 75.3 Å². The first kappa shape index (κ1) is 51.3. The van der Waals surface area contributed by atoms with Crippen molar-refractivity contribution in [3.05, 3.63) is 144 Å². The molecular formula is C51H58N6O11S. The van der Waals surface area contributed by atoms with E-state index in [9.17, 15) is 33.9 Å². The molecule has 0 radical (unpaired) electrons. The molecular weight excluding hydrogens is 905 g/mol. The standard InChI is InChI=1S/C51H58N6O11S/c1-3-65-48(61)40-34-69-46(53-40)44(58)39(26-16-28-43(54-49(62)66-31-36-20-10-5-11-21-36)55-50(63)67-32-37-22-12-6-13-23-37)52-45(59)41-27-17-29-57(41)47(60)42(30-35-18-8-4-9-19-35)56(2)51(64)68-33-38-24-14-7-15-25-38/h4-15,18-25,39-42,44,58H,3,16-17,26-34H2,1-2H3,(H,52,59)(H,54,55,62,63)/t39-,40-,41-,42+,44?/m0/s1. The molecule has 0 spiro atoms. The third kappa shape index (κ3) is 15.8. The van der Waals surface area contributed by atoms with Crippen molar-refractivity contribution in [2.24, 2.45) is 9.98 Å². The van der Waals surface area contributed by atoms with Gasteiger partial charge in [0.2, 0.25) is 11.8 Å². The Labute approximate surface area is 405 Å². The average Bonchev–Trinajstić information content (AvgIpc) is 4.08. The monoisotopic (exact) mass is 962 g/mol. The summed E-state index contributed by atoms with van der Waals surface area (Å²) < 4.78 is 21.5. The zero-order chi connectivity index (χ0) is 49.0. The van der Waals surface area contributed by atoms with E-state index in [4.69, 9.17) is 18.9 Å². The van der Waals surface area contributed by atoms with E-state index in [0.29, 0.717) is 12.8 Å². The van der Waals surface area contributed by atoms with Crippen LogP contribution in [0.5, 0.6) is 0 Å². The molecule has 0 bridgehead atoms. The molecule has 4 aromatic rings. The maximum atomic E-state index is 14.6. The average molecular weight is 963 g/mol. The van der Waals surface area contributed by atoms with Gasteiger partial charge in [0.1, 0.15) is 43.8 Å². The molecule has 2 aliphatic heterocycles. The van der Waals surface area contributed by atoms with E-state index in [2.05, 4.69) is 20.6 Å². The molecule has 1 fully saturated rings. The molecule has 6 rings (SSSR count). The molecule has 3 N–H and O–H groups in total. The number of rotatable bonds is 20. The van der Waals surface area contributed by atoms with Crippen LogP contribution in [0.15, 0.2) is 131 Å². The molecule has 0 aromatic heterocycles. The number of likely N-dealkylation sites (tertiary alicyclic amines) is 1. The first-order valence-corrected chi connectivity index (χ1v) is 23.9. The van der Waals surface area contributed by atoms with E-state index in [1.165, 1.54) is 16.8 Å². The molecule has 2 aliphatic rings. The third-order valence-corrected chi connectivity index (χ3v) is 12.5. The van der Waals surface area contributed by atoms with Gasteiger partial charge in [-0.15, -0.1) is 11.8 Å². The number of likely N-dealkylation sites (N-methyl/N-ethyl adjacent to an activating group) is 1. The number of aliphatic imine (C=N–C) groups is 2. The van der Waals surface area contributed by atoms with Crippen LogP contribution in [0.1, 0.15) is 61.3 Å². The predicted octanol–water partition coefficient (Wildman–Crippen LogP) is 6.61. The van der Waals surface area contributed by atoms with Crippen LogP contribution in [0, 0.1) is 0 Å². The fourth-order valence-electron chi connectivity index (χ4n) is 7.72. The van der Waals surface area contributed by atoms with Crippen LogP contribution < -0.4 is 10.6 Å². The maximum absolute atomic E-state index is 14.6. The van der Waals surface area contributed by atoms with Gasteiger partial charge in [-0.05, 0) is 54.9 Å². The third-order valence-electron chi connectivity index (χ3n) is 11.4. The molecule has 4 aromatic carbocycles. The summed E-state index contributed by atoms with van der Waals surface area (Å²) in [6.45, 7) is 1.95. The number of alkyl carbamates (subject to hydrolysis) is 1. The molecule has 18 heteroatoms. The van der Waals surface area contributed by atoms with E-state index in [1.807, 2.05) is 72.8 Å². The van der Waals surface area contributed by atoms with Crippen molar-refractivity contribution >= 4 is 58.7 Å². The number of nitrogens with zero attached hydrogens (tertiary/aromatic N) is 4. The van der Waals surface area contributed by atoms with Gasteiger partial charge in [-0.1, -0.05) is 121 Å². The molecule has 364 valence electrons. The second-order valence-corrected chi connectivity index (χ2v) is 17.4. The molecule has 5 amide bonds. The van der Waals surface area contributed by atoms with Gasteiger partial charge in [-0.3, -0.25) is 24.8 Å². The smallest absolute Gasteiger partial charge is 0.435 e. The summed E-state index contributed by atoms with van der Waals surface area (Å²) >= 11 is 1.16. The highest BCUT2D eigenvalue weighted by molar-refractivity contribution is 8.14. The van der Waals surface area contributed by atoms with Crippen LogP contribution in [-0.2, 0) is 59.6 Å². The highest BCUT2D eigenvalue weighted by atomic mass is 32.2. The lowest BCUT2D eigenvalue weighted by Crippen LogP contribution is -2.57. The Morgan fingerprint density at radius 1 is 0.797 bits per heavy atom. The highest BCUT2D eigenvalue weighted by Gasteiger charge is 2.42. The zero-order valence-corrected chi connectivity index (χ0v) is 39.5. The maximum Gasteiger partial charge on any atom is 0.435 e. The fraction of sp³-hybridized carbons (Fsp3) is 0.373. The number of aliphatic hydroxyl groups is 1. The lowest BCUT2D eigenvalue weighted by molar-refractivity contribution is -0.144. The summed E-state index contributed by atoms with van der Waals surface area (Å²) in [5.41, 5.74) is 3.04. The van der Waals surface area contributed by atoms with Crippen molar-refractivity contribution in [2.75, 3.05) is 26.0 Å². The summed E-state index contributed by atoms with van der Waals surface area (Å²) in [4.78, 5) is 92.4. The number of amidine groups is 1. The molecule has 69 heavy (non-hydrogen) atoms. The minimum absolute atomic E-state index is 0.00106. The summed E-state index contributed by atoms with van der Waals surface area (Å²) in [6.07, 6.45) is -2.82. The first-order chi connectivity index (χ1) is 33.5. The topological polar surface area (TPSA) is 215 Å². The van der Waals surface area contributed by atoms with E-state index < -0.39 is 66.3 Å². The second kappa shape index (κ2) is 26.5. The fourth-order valence-corrected chi connectivity index (χ4v) is 8.79.